The van der Waals surface area contributed by atoms with Crippen LogP contribution in [-0.4, -0.2) is 19.5 Å². The Morgan fingerprint density at radius 2 is 0.947 bits per heavy atom. The highest BCUT2D eigenvalue weighted by molar-refractivity contribution is 7.25. The van der Waals surface area contributed by atoms with E-state index in [-0.39, 0.29) is 0 Å². The molecule has 0 amide bonds. The molecule has 4 aromatic heterocycles. The molecule has 8 aromatic carbocycles. The van der Waals surface area contributed by atoms with Gasteiger partial charge in [0.1, 0.15) is 11.2 Å². The van der Waals surface area contributed by atoms with Gasteiger partial charge in [0.15, 0.2) is 17.5 Å². The first kappa shape index (κ1) is 31.9. The molecule has 0 bridgehead atoms. The molecule has 6 heteroatoms. The summed E-state index contributed by atoms with van der Waals surface area (Å²) in [6, 6.07) is 63.9. The SMILES string of the molecule is c1ccc(-c2nc(-c3ccccc3)nc(-c3ccc4c(c3)oc3ccc(-c5ccc6c(c5)c5cc7sc8ccccc8c7cc5n6-c5ccccc5)cc34)n2)cc1. The van der Waals surface area contributed by atoms with Gasteiger partial charge in [0.05, 0.1) is 11.0 Å². The van der Waals surface area contributed by atoms with Crippen LogP contribution < -0.4 is 0 Å². The summed E-state index contributed by atoms with van der Waals surface area (Å²) in [7, 11) is 0. The van der Waals surface area contributed by atoms with Gasteiger partial charge >= 0.3 is 0 Å². The largest absolute Gasteiger partial charge is 0.456 e. The minimum Gasteiger partial charge on any atom is -0.456 e. The number of furan rings is 1. The van der Waals surface area contributed by atoms with Gasteiger partial charge in [-0.2, -0.15) is 0 Å². The topological polar surface area (TPSA) is 56.7 Å². The molecule has 266 valence electrons. The normalized spacial score (nSPS) is 11.9. The highest BCUT2D eigenvalue weighted by Crippen LogP contribution is 2.42. The Labute approximate surface area is 330 Å². The van der Waals surface area contributed by atoms with Crippen LogP contribution in [0.5, 0.6) is 0 Å². The van der Waals surface area contributed by atoms with Crippen LogP contribution in [0.25, 0.3) is 115 Å². The van der Waals surface area contributed by atoms with E-state index in [0.29, 0.717) is 17.5 Å². The predicted molar refractivity (Wildman–Crippen MR) is 236 cm³/mol. The highest BCUT2D eigenvalue weighted by Gasteiger charge is 2.18. The number of para-hydroxylation sites is 1. The van der Waals surface area contributed by atoms with Crippen molar-refractivity contribution in [2.75, 3.05) is 0 Å². The number of aromatic nitrogens is 4. The number of benzene rings is 8. The van der Waals surface area contributed by atoms with Gasteiger partial charge in [0, 0.05) is 64.1 Å². The molecule has 0 saturated carbocycles. The molecule has 0 saturated heterocycles. The average molecular weight is 747 g/mol. The molecule has 0 fully saturated rings. The van der Waals surface area contributed by atoms with E-state index < -0.39 is 0 Å². The zero-order valence-corrected chi connectivity index (χ0v) is 31.2. The molecule has 0 radical (unpaired) electrons. The van der Waals surface area contributed by atoms with Crippen molar-refractivity contribution in [3.63, 3.8) is 0 Å². The maximum absolute atomic E-state index is 6.51. The van der Waals surface area contributed by atoms with Gasteiger partial charge in [0.2, 0.25) is 0 Å². The monoisotopic (exact) mass is 746 g/mol. The minimum atomic E-state index is 0.599. The quantitative estimate of drug-likeness (QED) is 0.176. The predicted octanol–water partition coefficient (Wildman–Crippen LogP) is 13.9. The summed E-state index contributed by atoms with van der Waals surface area (Å²) >= 11 is 1.86. The second kappa shape index (κ2) is 12.6. The molecule has 57 heavy (non-hydrogen) atoms. The van der Waals surface area contributed by atoms with E-state index >= 15 is 0 Å². The van der Waals surface area contributed by atoms with Gasteiger partial charge < -0.3 is 8.98 Å². The van der Waals surface area contributed by atoms with Crippen molar-refractivity contribution in [2.45, 2.75) is 0 Å². The molecular weight excluding hydrogens is 717 g/mol. The zero-order valence-electron chi connectivity index (χ0n) is 30.4. The van der Waals surface area contributed by atoms with Crippen LogP contribution in [-0.2, 0) is 0 Å². The van der Waals surface area contributed by atoms with E-state index in [1.807, 2.05) is 78.1 Å². The maximum atomic E-state index is 6.51. The Balaban J connectivity index is 0.988. The van der Waals surface area contributed by atoms with Crippen LogP contribution in [0, 0.1) is 0 Å². The Kier molecular flexibility index (Phi) is 7.03. The van der Waals surface area contributed by atoms with E-state index in [9.17, 15) is 0 Å². The lowest BCUT2D eigenvalue weighted by atomic mass is 10.00. The van der Waals surface area contributed by atoms with Crippen LogP contribution >= 0.6 is 11.3 Å². The third-order valence-electron chi connectivity index (χ3n) is 11.0. The van der Waals surface area contributed by atoms with Gasteiger partial charge in [-0.3, -0.25) is 0 Å². The van der Waals surface area contributed by atoms with Gasteiger partial charge in [-0.05, 0) is 77.9 Å². The first-order valence-electron chi connectivity index (χ1n) is 19.0. The Bertz CT molecular complexity index is 3460. The standard InChI is InChI=1S/C51H30N4OS/c1-4-12-31(13-5-1)49-52-50(32-14-6-2-7-15-32)54-51(53-49)35-20-23-37-41-27-34(22-25-45(41)56-46(37)28-35)33-21-24-43-39(26-33)40-30-48-42(38-18-10-11-19-47(38)57-48)29-44(40)55(43)36-16-8-3-9-17-36/h1-30H. The van der Waals surface area contributed by atoms with Crippen molar-refractivity contribution in [2.24, 2.45) is 0 Å². The average Bonchev–Trinajstić information content (AvgIpc) is 3.94. The van der Waals surface area contributed by atoms with E-state index in [2.05, 4.69) is 120 Å². The third kappa shape index (κ3) is 5.19. The molecule has 5 nitrogen and oxygen atoms in total. The number of hydrogen-bond donors (Lipinski definition) is 0. The Hall–Kier alpha value is -7.41. The number of fused-ring (bicyclic) bond motifs is 9. The molecule has 0 aliphatic heterocycles. The third-order valence-corrected chi connectivity index (χ3v) is 12.2. The van der Waals surface area contributed by atoms with E-state index in [4.69, 9.17) is 19.4 Å². The summed E-state index contributed by atoms with van der Waals surface area (Å²) in [5.74, 6) is 1.86. The molecule has 0 aliphatic rings. The number of rotatable bonds is 5. The molecule has 4 heterocycles. The first-order chi connectivity index (χ1) is 28.2. The van der Waals surface area contributed by atoms with E-state index in [1.54, 1.807) is 0 Å². The molecule has 0 unspecified atom stereocenters. The van der Waals surface area contributed by atoms with Crippen molar-refractivity contribution < 1.29 is 4.42 Å². The molecule has 0 N–H and O–H groups in total. The lowest BCUT2D eigenvalue weighted by molar-refractivity contribution is 0.669. The smallest absolute Gasteiger partial charge is 0.164 e. The fourth-order valence-electron chi connectivity index (χ4n) is 8.31. The number of nitrogens with zero attached hydrogens (tertiary/aromatic N) is 4. The van der Waals surface area contributed by atoms with Crippen molar-refractivity contribution in [1.29, 1.82) is 0 Å². The molecule has 12 aromatic rings. The Morgan fingerprint density at radius 1 is 0.351 bits per heavy atom. The summed E-state index contributed by atoms with van der Waals surface area (Å²) in [5.41, 5.74) is 10.2. The maximum Gasteiger partial charge on any atom is 0.164 e. The van der Waals surface area contributed by atoms with Crippen LogP contribution in [0.1, 0.15) is 0 Å². The summed E-state index contributed by atoms with van der Waals surface area (Å²) in [5, 5.41) is 7.20. The molecule has 12 rings (SSSR count). The molecule has 0 atom stereocenters. The zero-order chi connectivity index (χ0) is 37.5. The van der Waals surface area contributed by atoms with Gasteiger partial charge in [-0.1, -0.05) is 115 Å². The summed E-state index contributed by atoms with van der Waals surface area (Å²) in [4.78, 5) is 14.8. The lowest BCUT2D eigenvalue weighted by Gasteiger charge is -2.08. The number of hydrogen-bond acceptors (Lipinski definition) is 5. The van der Waals surface area contributed by atoms with Crippen molar-refractivity contribution in [1.82, 2.24) is 19.5 Å². The summed E-state index contributed by atoms with van der Waals surface area (Å²) < 4.78 is 11.5. The van der Waals surface area contributed by atoms with Gasteiger partial charge in [0.25, 0.3) is 0 Å². The second-order valence-electron chi connectivity index (χ2n) is 14.4. The van der Waals surface area contributed by atoms with Crippen LogP contribution in [0.3, 0.4) is 0 Å². The van der Waals surface area contributed by atoms with E-state index in [0.717, 1.165) is 55.4 Å². The van der Waals surface area contributed by atoms with Crippen LogP contribution in [0.4, 0.5) is 0 Å². The van der Waals surface area contributed by atoms with E-state index in [1.165, 1.54) is 42.0 Å². The fourth-order valence-corrected chi connectivity index (χ4v) is 9.43. The first-order valence-corrected chi connectivity index (χ1v) is 19.8. The van der Waals surface area contributed by atoms with Crippen LogP contribution in [0.2, 0.25) is 0 Å². The minimum absolute atomic E-state index is 0.599. The van der Waals surface area contributed by atoms with Crippen molar-refractivity contribution in [3.05, 3.63) is 182 Å². The van der Waals surface area contributed by atoms with Crippen LogP contribution in [0.15, 0.2) is 186 Å². The summed E-state index contributed by atoms with van der Waals surface area (Å²) in [6.45, 7) is 0. The van der Waals surface area contributed by atoms with Gasteiger partial charge in [-0.15, -0.1) is 11.3 Å². The Morgan fingerprint density at radius 3 is 1.68 bits per heavy atom. The molecule has 0 aliphatic carbocycles. The lowest BCUT2D eigenvalue weighted by Crippen LogP contribution is -2.00. The van der Waals surface area contributed by atoms with Crippen molar-refractivity contribution in [3.8, 4) is 51.0 Å². The molecular formula is C51H30N4OS. The summed E-state index contributed by atoms with van der Waals surface area (Å²) in [6.07, 6.45) is 0. The molecule has 0 spiro atoms. The fraction of sp³-hybridized carbons (Fsp3) is 0. The van der Waals surface area contributed by atoms with Gasteiger partial charge in [-0.25, -0.2) is 15.0 Å². The number of thiophene rings is 1. The van der Waals surface area contributed by atoms with Crippen molar-refractivity contribution >= 4 is 75.3 Å². The highest BCUT2D eigenvalue weighted by atomic mass is 32.1. The second-order valence-corrected chi connectivity index (χ2v) is 15.5.